The van der Waals surface area contributed by atoms with E-state index < -0.39 is 5.82 Å². The number of halogens is 1. The molecule has 0 saturated heterocycles. The van der Waals surface area contributed by atoms with Crippen LogP contribution in [0.3, 0.4) is 0 Å². The lowest BCUT2D eigenvalue weighted by molar-refractivity contribution is 0.138. The van der Waals surface area contributed by atoms with Crippen LogP contribution in [-0.2, 0) is 0 Å². The number of nitrogens with zero attached hydrogens (tertiary/aromatic N) is 3. The van der Waals surface area contributed by atoms with Crippen LogP contribution < -0.4 is 9.47 Å². The van der Waals surface area contributed by atoms with Crippen molar-refractivity contribution < 1.29 is 13.9 Å². The molecule has 0 aliphatic heterocycles. The largest absolute Gasteiger partial charge is 0.490 e. The average molecular weight is 377 g/mol. The molecule has 142 valence electrons. The molecule has 1 aliphatic rings. The van der Waals surface area contributed by atoms with E-state index in [0.29, 0.717) is 11.7 Å². The van der Waals surface area contributed by atoms with Gasteiger partial charge in [-0.25, -0.2) is 9.37 Å². The summed E-state index contributed by atoms with van der Waals surface area (Å²) in [6.07, 6.45) is 5.80. The van der Waals surface area contributed by atoms with Crippen molar-refractivity contribution in [1.82, 2.24) is 9.55 Å². The van der Waals surface area contributed by atoms with Gasteiger partial charge in [-0.15, -0.1) is 0 Å². The Hall–Kier alpha value is -3.33. The molecule has 1 fully saturated rings. The zero-order valence-corrected chi connectivity index (χ0v) is 15.5. The smallest absolute Gasteiger partial charge is 0.166 e. The van der Waals surface area contributed by atoms with Crippen molar-refractivity contribution in [2.75, 3.05) is 6.61 Å². The molecule has 28 heavy (non-hydrogen) atoms. The summed E-state index contributed by atoms with van der Waals surface area (Å²) in [4.78, 5) is 4.47. The van der Waals surface area contributed by atoms with Gasteiger partial charge in [0.1, 0.15) is 24.3 Å². The molecule has 6 heteroatoms. The quantitative estimate of drug-likeness (QED) is 0.603. The van der Waals surface area contributed by atoms with Crippen LogP contribution in [0.2, 0.25) is 0 Å². The van der Waals surface area contributed by atoms with Gasteiger partial charge < -0.3 is 14.0 Å². The van der Waals surface area contributed by atoms with E-state index in [0.717, 1.165) is 17.6 Å². The monoisotopic (exact) mass is 377 g/mol. The summed E-state index contributed by atoms with van der Waals surface area (Å²) in [5.74, 6) is 1.90. The Kier molecular flexibility index (Phi) is 4.98. The van der Waals surface area contributed by atoms with Gasteiger partial charge in [-0.1, -0.05) is 6.07 Å². The molecule has 1 heterocycles. The van der Waals surface area contributed by atoms with Crippen LogP contribution in [0, 0.1) is 17.1 Å². The van der Waals surface area contributed by atoms with Gasteiger partial charge in [-0.05, 0) is 50.1 Å². The molecule has 0 spiro atoms. The van der Waals surface area contributed by atoms with Crippen molar-refractivity contribution in [3.05, 3.63) is 72.1 Å². The SMILES string of the molecule is C[C@H](COc1cccc(-n2ccnc2C2CC2)c1)Oc1ccc(C#N)cc1F. The molecular weight excluding hydrogens is 357 g/mol. The molecular formula is C22H20FN3O2. The molecule has 1 saturated carbocycles. The van der Waals surface area contributed by atoms with Gasteiger partial charge in [-0.3, -0.25) is 0 Å². The topological polar surface area (TPSA) is 60.1 Å². The van der Waals surface area contributed by atoms with Crippen LogP contribution in [-0.4, -0.2) is 22.3 Å². The van der Waals surface area contributed by atoms with Gasteiger partial charge in [0.2, 0.25) is 0 Å². The Morgan fingerprint density at radius 1 is 1.29 bits per heavy atom. The highest BCUT2D eigenvalue weighted by molar-refractivity contribution is 5.41. The lowest BCUT2D eigenvalue weighted by Crippen LogP contribution is -2.21. The van der Waals surface area contributed by atoms with E-state index in [9.17, 15) is 4.39 Å². The molecule has 4 rings (SSSR count). The number of aromatic nitrogens is 2. The molecule has 0 unspecified atom stereocenters. The predicted octanol–water partition coefficient (Wildman–Crippen LogP) is 4.61. The summed E-state index contributed by atoms with van der Waals surface area (Å²) in [6, 6.07) is 13.8. The molecule has 0 bridgehead atoms. The maximum absolute atomic E-state index is 14.0. The summed E-state index contributed by atoms with van der Waals surface area (Å²) in [6.45, 7) is 2.07. The standard InChI is InChI=1S/C22H20FN3O2/c1-15(28-21-8-5-16(13-24)11-20(21)23)14-27-19-4-2-3-18(12-19)26-10-9-25-22(26)17-6-7-17/h2-5,8-12,15,17H,6-7,14H2,1H3/t15-/m1/s1. The molecule has 0 N–H and O–H groups in total. The molecule has 5 nitrogen and oxygen atoms in total. The zero-order valence-electron chi connectivity index (χ0n) is 15.5. The Labute approximate surface area is 163 Å². The van der Waals surface area contributed by atoms with Crippen LogP contribution >= 0.6 is 0 Å². The Bertz CT molecular complexity index is 1020. The van der Waals surface area contributed by atoms with Crippen molar-refractivity contribution >= 4 is 0 Å². The second-order valence-electron chi connectivity index (χ2n) is 6.92. The van der Waals surface area contributed by atoms with Crippen LogP contribution in [0.1, 0.15) is 37.1 Å². The summed E-state index contributed by atoms with van der Waals surface area (Å²) < 4.78 is 27.5. The van der Waals surface area contributed by atoms with Crippen LogP contribution in [0.5, 0.6) is 11.5 Å². The lowest BCUT2D eigenvalue weighted by atomic mass is 10.2. The second kappa shape index (κ2) is 7.73. The number of benzene rings is 2. The van der Waals surface area contributed by atoms with Crippen molar-refractivity contribution in [1.29, 1.82) is 5.26 Å². The first-order chi connectivity index (χ1) is 13.6. The van der Waals surface area contributed by atoms with E-state index in [1.807, 2.05) is 49.7 Å². The summed E-state index contributed by atoms with van der Waals surface area (Å²) in [7, 11) is 0. The molecule has 1 aromatic heterocycles. The Morgan fingerprint density at radius 3 is 2.89 bits per heavy atom. The minimum atomic E-state index is -0.555. The van der Waals surface area contributed by atoms with Crippen molar-refractivity contribution in [2.45, 2.75) is 31.8 Å². The van der Waals surface area contributed by atoms with E-state index >= 15 is 0 Å². The second-order valence-corrected chi connectivity index (χ2v) is 6.92. The fraction of sp³-hybridized carbons (Fsp3) is 0.273. The summed E-state index contributed by atoms with van der Waals surface area (Å²) in [5.41, 5.74) is 1.26. The number of hydrogen-bond acceptors (Lipinski definition) is 4. The third kappa shape index (κ3) is 3.99. The van der Waals surface area contributed by atoms with E-state index in [-0.39, 0.29) is 24.0 Å². The molecule has 1 atom stereocenters. The van der Waals surface area contributed by atoms with Crippen molar-refractivity contribution in [3.63, 3.8) is 0 Å². The van der Waals surface area contributed by atoms with E-state index in [2.05, 4.69) is 9.55 Å². The van der Waals surface area contributed by atoms with Crippen LogP contribution in [0.25, 0.3) is 5.69 Å². The Morgan fingerprint density at radius 2 is 2.14 bits per heavy atom. The Balaban J connectivity index is 1.40. The number of nitriles is 1. The fourth-order valence-corrected chi connectivity index (χ4v) is 3.03. The normalized spacial score (nSPS) is 14.3. The van der Waals surface area contributed by atoms with Gasteiger partial charge >= 0.3 is 0 Å². The van der Waals surface area contributed by atoms with E-state index in [1.54, 1.807) is 0 Å². The lowest BCUT2D eigenvalue weighted by Gasteiger charge is -2.17. The summed E-state index contributed by atoms with van der Waals surface area (Å²) in [5, 5.41) is 8.80. The number of imidazole rings is 1. The first kappa shape index (κ1) is 18.1. The molecule has 0 amide bonds. The van der Waals surface area contributed by atoms with Gasteiger partial charge in [0.15, 0.2) is 11.6 Å². The first-order valence-corrected chi connectivity index (χ1v) is 9.27. The highest BCUT2D eigenvalue weighted by atomic mass is 19.1. The molecule has 3 aromatic rings. The number of hydrogen-bond donors (Lipinski definition) is 0. The first-order valence-electron chi connectivity index (χ1n) is 9.27. The number of ether oxygens (including phenoxy) is 2. The number of rotatable bonds is 7. The predicted molar refractivity (Wildman–Crippen MR) is 102 cm³/mol. The van der Waals surface area contributed by atoms with Crippen molar-refractivity contribution in [2.24, 2.45) is 0 Å². The summed E-state index contributed by atoms with van der Waals surface area (Å²) >= 11 is 0. The molecule has 2 aromatic carbocycles. The van der Waals surface area contributed by atoms with Crippen molar-refractivity contribution in [3.8, 4) is 23.3 Å². The molecule has 1 aliphatic carbocycles. The highest BCUT2D eigenvalue weighted by Crippen LogP contribution is 2.40. The minimum absolute atomic E-state index is 0.108. The maximum atomic E-state index is 14.0. The van der Waals surface area contributed by atoms with Gasteiger partial charge in [0.05, 0.1) is 17.3 Å². The average Bonchev–Trinajstić information content (AvgIpc) is 3.44. The molecule has 0 radical (unpaired) electrons. The third-order valence-electron chi connectivity index (χ3n) is 4.58. The maximum Gasteiger partial charge on any atom is 0.166 e. The van der Waals surface area contributed by atoms with Gasteiger partial charge in [-0.2, -0.15) is 5.26 Å². The van der Waals surface area contributed by atoms with E-state index in [4.69, 9.17) is 14.7 Å². The zero-order chi connectivity index (χ0) is 19.5. The minimum Gasteiger partial charge on any atom is -0.490 e. The van der Waals surface area contributed by atoms with Gasteiger partial charge in [0.25, 0.3) is 0 Å². The fourth-order valence-electron chi connectivity index (χ4n) is 3.03. The van der Waals surface area contributed by atoms with Gasteiger partial charge in [0, 0.05) is 24.4 Å². The van der Waals surface area contributed by atoms with Crippen LogP contribution in [0.15, 0.2) is 54.9 Å². The highest BCUT2D eigenvalue weighted by Gasteiger charge is 2.28. The third-order valence-corrected chi connectivity index (χ3v) is 4.58. The van der Waals surface area contributed by atoms with Crippen LogP contribution in [0.4, 0.5) is 4.39 Å². The van der Waals surface area contributed by atoms with E-state index in [1.165, 1.54) is 25.0 Å².